The third kappa shape index (κ3) is 3.03. The molecular weight excluding hydrogens is 292 g/mol. The zero-order valence-corrected chi connectivity index (χ0v) is 14.7. The Balaban J connectivity index is 0.000000383. The number of Topliss-reactive ketones (excluding diaryl/α,β-unsaturated/α-hetero) is 1. The molecule has 0 amide bonds. The van der Waals surface area contributed by atoms with E-state index in [-0.39, 0.29) is 5.78 Å². The van der Waals surface area contributed by atoms with Crippen molar-refractivity contribution in [2.75, 3.05) is 0 Å². The predicted octanol–water partition coefficient (Wildman–Crippen LogP) is 6.36. The third-order valence-corrected chi connectivity index (χ3v) is 4.40. The van der Waals surface area contributed by atoms with Crippen LogP contribution in [0.25, 0.3) is 32.3 Å². The van der Waals surface area contributed by atoms with Gasteiger partial charge in [0, 0.05) is 0 Å². The van der Waals surface area contributed by atoms with Crippen LogP contribution in [0.1, 0.15) is 25.0 Å². The van der Waals surface area contributed by atoms with E-state index in [0.29, 0.717) is 0 Å². The van der Waals surface area contributed by atoms with Gasteiger partial charge in [0.25, 0.3) is 0 Å². The molecule has 0 saturated heterocycles. The van der Waals surface area contributed by atoms with Crippen LogP contribution < -0.4 is 0 Å². The minimum Gasteiger partial charge on any atom is -0.300 e. The van der Waals surface area contributed by atoms with Gasteiger partial charge in [0.15, 0.2) is 0 Å². The Morgan fingerprint density at radius 1 is 0.708 bits per heavy atom. The maximum Gasteiger partial charge on any atom is 0.126 e. The van der Waals surface area contributed by atoms with Crippen LogP contribution in [0.2, 0.25) is 0 Å². The van der Waals surface area contributed by atoms with E-state index in [2.05, 4.69) is 74.5 Å². The molecule has 0 atom stereocenters. The highest BCUT2D eigenvalue weighted by molar-refractivity contribution is 6.13. The van der Waals surface area contributed by atoms with Crippen molar-refractivity contribution in [2.24, 2.45) is 0 Å². The molecular formula is C23H22O. The average molecular weight is 314 g/mol. The summed E-state index contributed by atoms with van der Waals surface area (Å²) >= 11 is 0. The fraction of sp³-hybridized carbons (Fsp3) is 0.174. The maximum absolute atomic E-state index is 9.44. The quantitative estimate of drug-likeness (QED) is 0.273. The maximum atomic E-state index is 9.44. The van der Waals surface area contributed by atoms with Crippen molar-refractivity contribution in [3.8, 4) is 0 Å². The summed E-state index contributed by atoms with van der Waals surface area (Å²) in [5.41, 5.74) is 2.75. The van der Waals surface area contributed by atoms with Gasteiger partial charge in [-0.05, 0) is 83.3 Å². The first kappa shape index (κ1) is 16.2. The molecule has 0 fully saturated rings. The molecule has 1 heteroatoms. The van der Waals surface area contributed by atoms with E-state index in [1.165, 1.54) is 57.3 Å². The first-order valence-corrected chi connectivity index (χ1v) is 8.26. The Morgan fingerprint density at radius 3 is 1.92 bits per heavy atom. The van der Waals surface area contributed by atoms with Crippen molar-refractivity contribution in [1.29, 1.82) is 0 Å². The van der Waals surface area contributed by atoms with E-state index in [1.807, 2.05) is 0 Å². The second kappa shape index (κ2) is 6.45. The molecule has 0 bridgehead atoms. The fourth-order valence-corrected chi connectivity index (χ4v) is 3.13. The van der Waals surface area contributed by atoms with E-state index >= 15 is 0 Å². The summed E-state index contributed by atoms with van der Waals surface area (Å²) in [6, 6.07) is 22.1. The minimum atomic E-state index is 0.167. The van der Waals surface area contributed by atoms with Gasteiger partial charge < -0.3 is 4.79 Å². The molecule has 4 rings (SSSR count). The van der Waals surface area contributed by atoms with Crippen LogP contribution in [-0.4, -0.2) is 5.78 Å². The largest absolute Gasteiger partial charge is 0.300 e. The van der Waals surface area contributed by atoms with Gasteiger partial charge in [0.2, 0.25) is 0 Å². The van der Waals surface area contributed by atoms with Crippen molar-refractivity contribution < 1.29 is 4.79 Å². The second-order valence-corrected chi connectivity index (χ2v) is 6.50. The van der Waals surface area contributed by atoms with Crippen LogP contribution >= 0.6 is 0 Å². The monoisotopic (exact) mass is 314 g/mol. The lowest BCUT2D eigenvalue weighted by Crippen LogP contribution is -1.86. The highest BCUT2D eigenvalue weighted by atomic mass is 16.1. The molecule has 0 saturated carbocycles. The van der Waals surface area contributed by atoms with Gasteiger partial charge in [0.05, 0.1) is 0 Å². The van der Waals surface area contributed by atoms with Gasteiger partial charge in [-0.1, -0.05) is 48.5 Å². The van der Waals surface area contributed by atoms with Crippen LogP contribution in [0.5, 0.6) is 0 Å². The van der Waals surface area contributed by atoms with Crippen LogP contribution in [-0.2, 0) is 4.79 Å². The predicted molar refractivity (Wildman–Crippen MR) is 105 cm³/mol. The zero-order chi connectivity index (χ0) is 17.3. The molecule has 0 radical (unpaired) electrons. The van der Waals surface area contributed by atoms with E-state index in [1.54, 1.807) is 0 Å². The Bertz CT molecular complexity index is 1050. The Hall–Kier alpha value is -2.67. The lowest BCUT2D eigenvalue weighted by atomic mass is 9.94. The molecule has 24 heavy (non-hydrogen) atoms. The van der Waals surface area contributed by atoms with Gasteiger partial charge in [-0.3, -0.25) is 0 Å². The van der Waals surface area contributed by atoms with Crippen LogP contribution in [0, 0.1) is 13.8 Å². The summed E-state index contributed by atoms with van der Waals surface area (Å²) in [7, 11) is 0. The first-order valence-electron chi connectivity index (χ1n) is 8.26. The summed E-state index contributed by atoms with van der Waals surface area (Å²) in [5.74, 6) is 0.167. The van der Waals surface area contributed by atoms with Crippen molar-refractivity contribution in [3.05, 3.63) is 71.8 Å². The lowest BCUT2D eigenvalue weighted by molar-refractivity contribution is -0.114. The number of ketones is 1. The summed E-state index contributed by atoms with van der Waals surface area (Å²) in [6.45, 7) is 7.47. The molecule has 0 spiro atoms. The summed E-state index contributed by atoms with van der Waals surface area (Å²) < 4.78 is 0. The van der Waals surface area contributed by atoms with E-state index in [9.17, 15) is 4.79 Å². The molecule has 4 aromatic rings. The Morgan fingerprint density at radius 2 is 1.25 bits per heavy atom. The van der Waals surface area contributed by atoms with Gasteiger partial charge in [-0.15, -0.1) is 0 Å². The van der Waals surface area contributed by atoms with Gasteiger partial charge in [0.1, 0.15) is 5.78 Å². The van der Waals surface area contributed by atoms with Gasteiger partial charge in [-0.25, -0.2) is 0 Å². The molecule has 0 aromatic heterocycles. The second-order valence-electron chi connectivity index (χ2n) is 6.50. The normalized spacial score (nSPS) is 10.7. The van der Waals surface area contributed by atoms with Crippen molar-refractivity contribution in [3.63, 3.8) is 0 Å². The number of carbonyl (C=O) groups excluding carboxylic acids is 1. The molecule has 0 aliphatic carbocycles. The molecule has 0 heterocycles. The van der Waals surface area contributed by atoms with E-state index in [0.717, 1.165) is 0 Å². The third-order valence-electron chi connectivity index (χ3n) is 4.40. The van der Waals surface area contributed by atoms with Crippen molar-refractivity contribution in [2.45, 2.75) is 27.7 Å². The first-order chi connectivity index (χ1) is 11.5. The van der Waals surface area contributed by atoms with E-state index in [4.69, 9.17) is 0 Å². The fourth-order valence-electron chi connectivity index (χ4n) is 3.13. The topological polar surface area (TPSA) is 17.1 Å². The van der Waals surface area contributed by atoms with Crippen LogP contribution in [0.15, 0.2) is 60.7 Å². The highest BCUT2D eigenvalue weighted by Crippen LogP contribution is 2.32. The number of rotatable bonds is 0. The highest BCUT2D eigenvalue weighted by Gasteiger charge is 2.06. The zero-order valence-electron chi connectivity index (χ0n) is 14.7. The van der Waals surface area contributed by atoms with Crippen LogP contribution in [0.3, 0.4) is 0 Å². The van der Waals surface area contributed by atoms with Gasteiger partial charge in [-0.2, -0.15) is 0 Å². The number of hydrogen-bond donors (Lipinski definition) is 0. The minimum absolute atomic E-state index is 0.167. The summed E-state index contributed by atoms with van der Waals surface area (Å²) in [6.07, 6.45) is 0. The van der Waals surface area contributed by atoms with Crippen molar-refractivity contribution >= 4 is 38.1 Å². The molecule has 0 aliphatic rings. The molecule has 0 aliphatic heterocycles. The molecule has 0 unspecified atom stereocenters. The summed E-state index contributed by atoms with van der Waals surface area (Å²) in [5, 5.41) is 8.04. The average Bonchev–Trinajstić information content (AvgIpc) is 2.55. The Kier molecular flexibility index (Phi) is 4.35. The number of hydrogen-bond acceptors (Lipinski definition) is 1. The molecule has 1 nitrogen and oxygen atoms in total. The molecule has 120 valence electrons. The summed E-state index contributed by atoms with van der Waals surface area (Å²) in [4.78, 5) is 9.44. The lowest BCUT2D eigenvalue weighted by Gasteiger charge is -2.10. The smallest absolute Gasteiger partial charge is 0.126 e. The van der Waals surface area contributed by atoms with Gasteiger partial charge >= 0.3 is 0 Å². The number of carbonyl (C=O) groups is 1. The molecule has 0 N–H and O–H groups in total. The van der Waals surface area contributed by atoms with Crippen LogP contribution in [0.4, 0.5) is 0 Å². The SMILES string of the molecule is CC(C)=O.Cc1ccc2ccc3cc4ccccc4cc3c2c1C. The standard InChI is InChI=1S/C20H16.C3H6O/c1-13-7-8-15-9-10-18-11-16-5-3-4-6-17(16)12-19(18)20(15)14(13)2;1-3(2)4/h3-12H,1-2H3;1-2H3. The van der Waals surface area contributed by atoms with Crippen molar-refractivity contribution in [1.82, 2.24) is 0 Å². The Labute approximate surface area is 142 Å². The van der Waals surface area contributed by atoms with E-state index < -0.39 is 0 Å². The number of aryl methyl sites for hydroxylation is 2. The number of benzene rings is 4. The number of fused-ring (bicyclic) bond motifs is 4. The molecule has 4 aromatic carbocycles.